The number of nitrogens with one attached hydrogen (secondary N) is 1. The van der Waals surface area contributed by atoms with Gasteiger partial charge in [-0.25, -0.2) is 4.79 Å². The van der Waals surface area contributed by atoms with Gasteiger partial charge in [-0.15, -0.1) is 0 Å². The maximum absolute atomic E-state index is 12.6. The van der Waals surface area contributed by atoms with Gasteiger partial charge in [0.2, 0.25) is 5.78 Å². The molecule has 4 N–H and O–H groups in total. The predicted molar refractivity (Wildman–Crippen MR) is 98.4 cm³/mol. The van der Waals surface area contributed by atoms with Gasteiger partial charge in [0.1, 0.15) is 5.69 Å². The number of carbonyl (C=O) groups excluding carboxylic acids is 1. The first-order valence-corrected chi connectivity index (χ1v) is 7.84. The van der Waals surface area contributed by atoms with Gasteiger partial charge in [0, 0.05) is 34.9 Å². The van der Waals surface area contributed by atoms with Crippen molar-refractivity contribution in [1.82, 2.24) is 9.97 Å². The van der Waals surface area contributed by atoms with E-state index in [-0.39, 0.29) is 11.5 Å². The average molecular weight is 369 g/mol. The molecule has 3 aromatic rings. The minimum Gasteiger partial charge on any atom is -0.465 e. The molecule has 8 heteroatoms. The van der Waals surface area contributed by atoms with Crippen LogP contribution in [0.5, 0.6) is 0 Å². The molecule has 0 bridgehead atoms. The highest BCUT2D eigenvalue weighted by molar-refractivity contribution is 6.30. The van der Waals surface area contributed by atoms with E-state index in [0.717, 1.165) is 0 Å². The van der Waals surface area contributed by atoms with Crippen molar-refractivity contribution in [1.29, 1.82) is 0 Å². The van der Waals surface area contributed by atoms with Crippen LogP contribution in [0, 0.1) is 0 Å². The Kier molecular flexibility index (Phi) is 4.81. The number of benzene rings is 1. The summed E-state index contributed by atoms with van der Waals surface area (Å²) in [6, 6.07) is 11.0. The fourth-order valence-electron chi connectivity index (χ4n) is 2.37. The summed E-state index contributed by atoms with van der Waals surface area (Å²) in [7, 11) is 0. The Morgan fingerprint density at radius 1 is 1.08 bits per heavy atom. The number of aromatic nitrogens is 2. The number of pyridine rings is 2. The maximum atomic E-state index is 12.6. The quantitative estimate of drug-likeness (QED) is 0.477. The highest BCUT2D eigenvalue weighted by atomic mass is 35.5. The zero-order chi connectivity index (χ0) is 18.7. The number of nitrogens with zero attached hydrogens (tertiary/aromatic N) is 2. The summed E-state index contributed by atoms with van der Waals surface area (Å²) in [6.07, 6.45) is 1.73. The van der Waals surface area contributed by atoms with Gasteiger partial charge in [-0.3, -0.25) is 20.1 Å². The molecular weight excluding hydrogens is 356 g/mol. The normalized spacial score (nSPS) is 10.3. The minimum atomic E-state index is -1.18. The summed E-state index contributed by atoms with van der Waals surface area (Å²) in [6.45, 7) is 0. The molecule has 2 aromatic heterocycles. The van der Waals surface area contributed by atoms with E-state index < -0.39 is 6.09 Å². The largest absolute Gasteiger partial charge is 0.465 e. The van der Waals surface area contributed by atoms with Crippen molar-refractivity contribution in [3.8, 4) is 11.3 Å². The molecule has 2 heterocycles. The molecule has 1 aromatic carbocycles. The van der Waals surface area contributed by atoms with Crippen LogP contribution < -0.4 is 11.1 Å². The van der Waals surface area contributed by atoms with E-state index in [4.69, 9.17) is 22.4 Å². The molecule has 0 saturated carbocycles. The summed E-state index contributed by atoms with van der Waals surface area (Å²) in [5.41, 5.74) is 8.41. The number of nitrogen functional groups attached to an aromatic ring is 1. The van der Waals surface area contributed by atoms with E-state index in [1.807, 2.05) is 0 Å². The molecule has 0 atom stereocenters. The number of ketones is 1. The standard InChI is InChI=1S/C18H13ClN4O3/c19-11-1-4-15(22-9-11)17(24)10-5-6-21-16(7-10)13-3-2-12(8-14(13)20)23-18(25)26/h1-9,23H,20H2,(H,25,26). The summed E-state index contributed by atoms with van der Waals surface area (Å²) in [4.78, 5) is 31.5. The summed E-state index contributed by atoms with van der Waals surface area (Å²) in [5, 5.41) is 11.4. The zero-order valence-corrected chi connectivity index (χ0v) is 14.1. The summed E-state index contributed by atoms with van der Waals surface area (Å²) < 4.78 is 0. The summed E-state index contributed by atoms with van der Waals surface area (Å²) >= 11 is 5.79. The van der Waals surface area contributed by atoms with Gasteiger partial charge in [0.25, 0.3) is 0 Å². The van der Waals surface area contributed by atoms with Crippen molar-refractivity contribution in [3.63, 3.8) is 0 Å². The number of rotatable bonds is 4. The van der Waals surface area contributed by atoms with Crippen LogP contribution in [0.3, 0.4) is 0 Å². The number of halogens is 1. The second kappa shape index (κ2) is 7.20. The molecule has 0 unspecified atom stereocenters. The lowest BCUT2D eigenvalue weighted by Gasteiger charge is -2.09. The topological polar surface area (TPSA) is 118 Å². The first kappa shape index (κ1) is 17.4. The maximum Gasteiger partial charge on any atom is 0.409 e. The molecule has 3 rings (SSSR count). The van der Waals surface area contributed by atoms with Crippen molar-refractivity contribution >= 4 is 34.9 Å². The molecule has 0 aliphatic rings. The molecule has 0 spiro atoms. The minimum absolute atomic E-state index is 0.264. The molecule has 0 saturated heterocycles. The van der Waals surface area contributed by atoms with Gasteiger partial charge in [0.15, 0.2) is 0 Å². The van der Waals surface area contributed by atoms with Gasteiger partial charge in [-0.1, -0.05) is 11.6 Å². The lowest BCUT2D eigenvalue weighted by molar-refractivity contribution is 0.103. The molecule has 0 radical (unpaired) electrons. The third-order valence-electron chi connectivity index (χ3n) is 3.56. The van der Waals surface area contributed by atoms with Gasteiger partial charge in [0.05, 0.1) is 10.7 Å². The third kappa shape index (κ3) is 3.79. The fraction of sp³-hybridized carbons (Fsp3) is 0. The molecule has 0 aliphatic carbocycles. The molecule has 0 fully saturated rings. The number of nitrogens with two attached hydrogens (primary N) is 1. The van der Waals surface area contributed by atoms with Crippen molar-refractivity contribution < 1.29 is 14.7 Å². The Morgan fingerprint density at radius 2 is 1.88 bits per heavy atom. The Bertz CT molecular complexity index is 990. The van der Waals surface area contributed by atoms with Crippen LogP contribution in [-0.2, 0) is 0 Å². The highest BCUT2D eigenvalue weighted by Gasteiger charge is 2.13. The fourth-order valence-corrected chi connectivity index (χ4v) is 2.49. The molecule has 130 valence electrons. The predicted octanol–water partition coefficient (Wildman–Crippen LogP) is 3.70. The third-order valence-corrected chi connectivity index (χ3v) is 3.78. The van der Waals surface area contributed by atoms with E-state index in [1.165, 1.54) is 18.5 Å². The highest BCUT2D eigenvalue weighted by Crippen LogP contribution is 2.28. The molecular formula is C18H13ClN4O3. The number of hydrogen-bond donors (Lipinski definition) is 3. The van der Waals surface area contributed by atoms with Gasteiger partial charge < -0.3 is 10.8 Å². The van der Waals surface area contributed by atoms with E-state index in [2.05, 4.69) is 15.3 Å². The van der Waals surface area contributed by atoms with E-state index >= 15 is 0 Å². The SMILES string of the molecule is Nc1cc(NC(=O)O)ccc1-c1cc(C(=O)c2ccc(Cl)cn2)ccn1. The van der Waals surface area contributed by atoms with Gasteiger partial charge in [-0.05, 0) is 42.5 Å². The van der Waals surface area contributed by atoms with Crippen LogP contribution in [0.15, 0.2) is 54.9 Å². The van der Waals surface area contributed by atoms with E-state index in [0.29, 0.717) is 33.2 Å². The number of carboxylic acid groups (broad SMARTS) is 1. The Labute approximate surface area is 153 Å². The first-order valence-electron chi connectivity index (χ1n) is 7.46. The lowest BCUT2D eigenvalue weighted by atomic mass is 10.0. The second-order valence-corrected chi connectivity index (χ2v) is 5.79. The Morgan fingerprint density at radius 3 is 2.54 bits per heavy atom. The van der Waals surface area contributed by atoms with Crippen molar-refractivity contribution in [2.45, 2.75) is 0 Å². The molecule has 7 nitrogen and oxygen atoms in total. The van der Waals surface area contributed by atoms with Gasteiger partial charge in [-0.2, -0.15) is 0 Å². The van der Waals surface area contributed by atoms with Crippen LogP contribution in [0.25, 0.3) is 11.3 Å². The average Bonchev–Trinajstić information content (AvgIpc) is 2.61. The zero-order valence-electron chi connectivity index (χ0n) is 13.3. The van der Waals surface area contributed by atoms with E-state index in [9.17, 15) is 9.59 Å². The molecule has 26 heavy (non-hydrogen) atoms. The number of hydrogen-bond acceptors (Lipinski definition) is 5. The van der Waals surface area contributed by atoms with E-state index in [1.54, 1.807) is 36.4 Å². The summed E-state index contributed by atoms with van der Waals surface area (Å²) in [5.74, 6) is -0.270. The lowest BCUT2D eigenvalue weighted by Crippen LogP contribution is -2.08. The van der Waals surface area contributed by atoms with Crippen LogP contribution in [0.2, 0.25) is 5.02 Å². The Balaban J connectivity index is 1.93. The van der Waals surface area contributed by atoms with Crippen LogP contribution >= 0.6 is 11.6 Å². The Hall–Kier alpha value is -3.45. The number of carbonyl (C=O) groups is 2. The number of amides is 1. The monoisotopic (exact) mass is 368 g/mol. The van der Waals surface area contributed by atoms with Crippen molar-refractivity contribution in [2.75, 3.05) is 11.1 Å². The van der Waals surface area contributed by atoms with Crippen LogP contribution in [0.4, 0.5) is 16.2 Å². The van der Waals surface area contributed by atoms with Crippen molar-refractivity contribution in [2.24, 2.45) is 0 Å². The first-order chi connectivity index (χ1) is 12.4. The van der Waals surface area contributed by atoms with Gasteiger partial charge >= 0.3 is 6.09 Å². The van der Waals surface area contributed by atoms with Crippen LogP contribution in [0.1, 0.15) is 16.1 Å². The smallest absolute Gasteiger partial charge is 0.409 e. The number of anilines is 2. The van der Waals surface area contributed by atoms with Crippen LogP contribution in [-0.4, -0.2) is 27.0 Å². The van der Waals surface area contributed by atoms with Crippen molar-refractivity contribution in [3.05, 3.63) is 71.1 Å². The molecule has 0 aliphatic heterocycles. The molecule has 1 amide bonds. The second-order valence-electron chi connectivity index (χ2n) is 5.35.